The van der Waals surface area contributed by atoms with Gasteiger partial charge < -0.3 is 10.3 Å². The van der Waals surface area contributed by atoms with Gasteiger partial charge in [-0.05, 0) is 37.6 Å². The summed E-state index contributed by atoms with van der Waals surface area (Å²) in [4.78, 5) is 29.4. The molecule has 92 valence electrons. The van der Waals surface area contributed by atoms with Gasteiger partial charge >= 0.3 is 0 Å². The molecule has 0 aromatic carbocycles. The zero-order valence-corrected chi connectivity index (χ0v) is 10.2. The number of carbonyl (C=O) groups excluding carboxylic acids is 1. The largest absolute Gasteiger partial charge is 0.328 e. The summed E-state index contributed by atoms with van der Waals surface area (Å²) in [5.74, 6) is 0.201. The average molecular weight is 243 g/mol. The Hall–Kier alpha value is -2.43. The van der Waals surface area contributed by atoms with Crippen molar-refractivity contribution in [3.05, 3.63) is 57.6 Å². The third-order valence-corrected chi connectivity index (χ3v) is 2.39. The molecule has 0 radical (unpaired) electrons. The quantitative estimate of drug-likeness (QED) is 0.842. The summed E-state index contributed by atoms with van der Waals surface area (Å²) >= 11 is 0. The van der Waals surface area contributed by atoms with Crippen LogP contribution in [-0.2, 0) is 0 Å². The maximum absolute atomic E-state index is 11.9. The molecule has 0 fully saturated rings. The summed E-state index contributed by atoms with van der Waals surface area (Å²) in [5.41, 5.74) is 2.01. The van der Waals surface area contributed by atoms with Crippen LogP contribution in [0.5, 0.6) is 0 Å². The number of pyridine rings is 2. The van der Waals surface area contributed by atoms with Crippen molar-refractivity contribution in [3.63, 3.8) is 0 Å². The Morgan fingerprint density at radius 1 is 1.28 bits per heavy atom. The predicted octanol–water partition coefficient (Wildman–Crippen LogP) is 1.64. The summed E-state index contributed by atoms with van der Waals surface area (Å²) in [5, 5.41) is 2.69. The van der Waals surface area contributed by atoms with E-state index in [4.69, 9.17) is 0 Å². The second-order valence-corrected chi connectivity index (χ2v) is 4.07. The maximum atomic E-state index is 11.9. The Kier molecular flexibility index (Phi) is 3.23. The minimum absolute atomic E-state index is 0.240. The number of carbonyl (C=O) groups is 1. The number of nitrogens with zero attached hydrogens (tertiary/aromatic N) is 1. The Bertz CT molecular complexity index is 606. The van der Waals surface area contributed by atoms with E-state index in [9.17, 15) is 9.59 Å². The number of anilines is 1. The van der Waals surface area contributed by atoms with Crippen LogP contribution in [0.1, 0.15) is 21.6 Å². The van der Waals surface area contributed by atoms with Crippen LogP contribution in [0.4, 0.5) is 5.82 Å². The first-order chi connectivity index (χ1) is 8.54. The van der Waals surface area contributed by atoms with Crippen LogP contribution in [0.3, 0.4) is 0 Å². The monoisotopic (exact) mass is 243 g/mol. The lowest BCUT2D eigenvalue weighted by Gasteiger charge is -2.06. The zero-order valence-electron chi connectivity index (χ0n) is 10.2. The van der Waals surface area contributed by atoms with Crippen LogP contribution in [0.15, 0.2) is 35.3 Å². The highest BCUT2D eigenvalue weighted by Gasteiger charge is 2.07. The molecule has 18 heavy (non-hydrogen) atoms. The van der Waals surface area contributed by atoms with Gasteiger partial charge in [0.05, 0.1) is 5.56 Å². The molecule has 2 aromatic rings. The van der Waals surface area contributed by atoms with Crippen molar-refractivity contribution < 1.29 is 4.79 Å². The first-order valence-corrected chi connectivity index (χ1v) is 5.50. The van der Waals surface area contributed by atoms with Crippen LogP contribution in [0.2, 0.25) is 0 Å². The number of aromatic nitrogens is 2. The first kappa shape index (κ1) is 12.0. The van der Waals surface area contributed by atoms with E-state index >= 15 is 0 Å². The van der Waals surface area contributed by atoms with Crippen molar-refractivity contribution in [2.24, 2.45) is 0 Å². The molecule has 5 heteroatoms. The van der Waals surface area contributed by atoms with Crippen LogP contribution >= 0.6 is 0 Å². The molecule has 1 amide bonds. The number of rotatable bonds is 2. The number of hydrogen-bond acceptors (Lipinski definition) is 3. The van der Waals surface area contributed by atoms with Crippen molar-refractivity contribution in [2.45, 2.75) is 13.8 Å². The van der Waals surface area contributed by atoms with E-state index in [0.717, 1.165) is 11.3 Å². The Morgan fingerprint density at radius 2 is 2.06 bits per heavy atom. The van der Waals surface area contributed by atoms with Crippen LogP contribution in [0, 0.1) is 13.8 Å². The van der Waals surface area contributed by atoms with Gasteiger partial charge in [-0.3, -0.25) is 9.59 Å². The minimum Gasteiger partial charge on any atom is -0.328 e. The normalized spacial score (nSPS) is 10.1. The fraction of sp³-hybridized carbons (Fsp3) is 0.154. The highest BCUT2D eigenvalue weighted by Crippen LogP contribution is 2.10. The Balaban J connectivity index is 2.21. The number of amides is 1. The minimum atomic E-state index is -0.302. The molecule has 0 atom stereocenters. The van der Waals surface area contributed by atoms with Gasteiger partial charge in [-0.15, -0.1) is 0 Å². The molecule has 2 heterocycles. The first-order valence-electron chi connectivity index (χ1n) is 5.50. The summed E-state index contributed by atoms with van der Waals surface area (Å²) in [7, 11) is 0. The molecule has 0 saturated carbocycles. The lowest BCUT2D eigenvalue weighted by Crippen LogP contribution is -2.15. The van der Waals surface area contributed by atoms with Gasteiger partial charge in [0, 0.05) is 18.0 Å². The van der Waals surface area contributed by atoms with Gasteiger partial charge in [0.1, 0.15) is 5.82 Å². The molecule has 0 bridgehead atoms. The van der Waals surface area contributed by atoms with Crippen LogP contribution in [0.25, 0.3) is 0 Å². The van der Waals surface area contributed by atoms with Crippen molar-refractivity contribution in [2.75, 3.05) is 5.32 Å². The van der Waals surface area contributed by atoms with Gasteiger partial charge in [-0.25, -0.2) is 4.98 Å². The topological polar surface area (TPSA) is 74.8 Å². The van der Waals surface area contributed by atoms with E-state index in [1.165, 1.54) is 18.3 Å². The predicted molar refractivity (Wildman–Crippen MR) is 68.7 cm³/mol. The SMILES string of the molecule is Cc1cc(C)nc(NC(=O)c2ccc(=O)[nH]c2)c1. The third kappa shape index (κ3) is 2.82. The van der Waals surface area contributed by atoms with Gasteiger partial charge in [-0.2, -0.15) is 0 Å². The van der Waals surface area contributed by atoms with Gasteiger partial charge in [0.15, 0.2) is 0 Å². The average Bonchev–Trinajstić information content (AvgIpc) is 2.28. The third-order valence-electron chi connectivity index (χ3n) is 2.39. The molecule has 0 unspecified atom stereocenters. The molecule has 0 aliphatic heterocycles. The fourth-order valence-corrected chi connectivity index (χ4v) is 1.65. The summed E-state index contributed by atoms with van der Waals surface area (Å²) < 4.78 is 0. The molecule has 0 aliphatic carbocycles. The summed E-state index contributed by atoms with van der Waals surface area (Å²) in [6.45, 7) is 3.80. The van der Waals surface area contributed by atoms with E-state index in [1.54, 1.807) is 6.07 Å². The lowest BCUT2D eigenvalue weighted by atomic mass is 10.2. The van der Waals surface area contributed by atoms with E-state index in [1.807, 2.05) is 19.9 Å². The van der Waals surface area contributed by atoms with Gasteiger partial charge in [-0.1, -0.05) is 0 Å². The summed E-state index contributed by atoms with van der Waals surface area (Å²) in [6, 6.07) is 6.49. The van der Waals surface area contributed by atoms with E-state index in [-0.39, 0.29) is 11.5 Å². The van der Waals surface area contributed by atoms with Crippen molar-refractivity contribution >= 4 is 11.7 Å². The number of hydrogen-bond donors (Lipinski definition) is 2. The second kappa shape index (κ2) is 4.83. The molecule has 2 aromatic heterocycles. The van der Waals surface area contributed by atoms with Crippen molar-refractivity contribution in [1.29, 1.82) is 0 Å². The molecule has 2 N–H and O–H groups in total. The second-order valence-electron chi connectivity index (χ2n) is 4.07. The molecule has 0 spiro atoms. The molecule has 5 nitrogen and oxygen atoms in total. The van der Waals surface area contributed by atoms with Crippen LogP contribution < -0.4 is 10.9 Å². The Labute approximate surface area is 104 Å². The molecule has 2 rings (SSSR count). The molecular formula is C13H13N3O2. The van der Waals surface area contributed by atoms with Crippen molar-refractivity contribution in [3.8, 4) is 0 Å². The highest BCUT2D eigenvalue weighted by atomic mass is 16.2. The maximum Gasteiger partial charge on any atom is 0.258 e. The lowest BCUT2D eigenvalue weighted by molar-refractivity contribution is 0.102. The highest BCUT2D eigenvalue weighted by molar-refractivity contribution is 6.03. The number of aryl methyl sites for hydroxylation is 2. The molecular weight excluding hydrogens is 230 g/mol. The van der Waals surface area contributed by atoms with E-state index in [0.29, 0.717) is 11.4 Å². The fourth-order valence-electron chi connectivity index (χ4n) is 1.65. The van der Waals surface area contributed by atoms with E-state index < -0.39 is 0 Å². The van der Waals surface area contributed by atoms with Gasteiger partial charge in [0.25, 0.3) is 5.91 Å². The van der Waals surface area contributed by atoms with Gasteiger partial charge in [0.2, 0.25) is 5.56 Å². The van der Waals surface area contributed by atoms with Crippen LogP contribution in [-0.4, -0.2) is 15.9 Å². The van der Waals surface area contributed by atoms with Crippen molar-refractivity contribution in [1.82, 2.24) is 9.97 Å². The number of H-pyrrole nitrogens is 1. The number of nitrogens with one attached hydrogen (secondary N) is 2. The molecule has 0 saturated heterocycles. The Morgan fingerprint density at radius 3 is 2.67 bits per heavy atom. The standard InChI is InChI=1S/C13H13N3O2/c1-8-5-9(2)15-11(6-8)16-13(18)10-3-4-12(17)14-7-10/h3-7H,1-2H3,(H,14,17)(H,15,16,18). The smallest absolute Gasteiger partial charge is 0.258 e. The van der Waals surface area contributed by atoms with E-state index in [2.05, 4.69) is 15.3 Å². The summed E-state index contributed by atoms with van der Waals surface area (Å²) in [6.07, 6.45) is 1.38. The zero-order chi connectivity index (χ0) is 13.1. The number of aromatic amines is 1. The molecule has 0 aliphatic rings.